The lowest BCUT2D eigenvalue weighted by Crippen LogP contribution is -2.54. The van der Waals surface area contributed by atoms with Crippen LogP contribution in [0.4, 0.5) is 5.69 Å². The molecule has 0 saturated heterocycles. The number of hydrogen-bond acceptors (Lipinski definition) is 4. The number of carbonyl (C=O) groups excluding carboxylic acids is 4. The van der Waals surface area contributed by atoms with E-state index in [1.54, 1.807) is 19.1 Å². The van der Waals surface area contributed by atoms with E-state index in [9.17, 15) is 19.2 Å². The number of nitrogens with zero attached hydrogens (tertiary/aromatic N) is 1. The third-order valence-electron chi connectivity index (χ3n) is 5.15. The van der Waals surface area contributed by atoms with Gasteiger partial charge in [0.15, 0.2) is 0 Å². The number of Topliss-reactive ketones (excluding diaryl/α,β-unsaturated/α-hetero) is 1. The Morgan fingerprint density at radius 2 is 1.63 bits per heavy atom. The fourth-order valence-electron chi connectivity index (χ4n) is 3.45. The Labute approximate surface area is 175 Å². The maximum Gasteiger partial charge on any atom is 0.261 e. The average Bonchev–Trinajstić information content (AvgIpc) is 2.82. The van der Waals surface area contributed by atoms with Crippen LogP contribution in [-0.2, 0) is 19.2 Å². The van der Waals surface area contributed by atoms with Gasteiger partial charge in [-0.25, -0.2) is 5.01 Å². The summed E-state index contributed by atoms with van der Waals surface area (Å²) in [5, 5.41) is 3.83. The molecular weight excluding hydrogens is 382 g/mol. The zero-order valence-corrected chi connectivity index (χ0v) is 17.3. The second-order valence-corrected chi connectivity index (χ2v) is 7.47. The molecule has 1 heterocycles. The number of rotatable bonds is 6. The fourth-order valence-corrected chi connectivity index (χ4v) is 3.45. The summed E-state index contributed by atoms with van der Waals surface area (Å²) >= 11 is 0. The van der Waals surface area contributed by atoms with Crippen LogP contribution in [-0.4, -0.2) is 29.5 Å². The van der Waals surface area contributed by atoms with E-state index in [4.69, 9.17) is 0 Å². The van der Waals surface area contributed by atoms with Crippen LogP contribution in [0.25, 0.3) is 11.1 Å². The van der Waals surface area contributed by atoms with Gasteiger partial charge in [0.05, 0.1) is 11.6 Å². The highest BCUT2D eigenvalue weighted by atomic mass is 16.2. The van der Waals surface area contributed by atoms with Gasteiger partial charge in [-0.05, 0) is 38.0 Å². The summed E-state index contributed by atoms with van der Waals surface area (Å²) in [6.45, 7) is 4.75. The van der Waals surface area contributed by atoms with Crippen molar-refractivity contribution in [2.45, 2.75) is 45.6 Å². The van der Waals surface area contributed by atoms with Gasteiger partial charge in [0.1, 0.15) is 11.8 Å². The summed E-state index contributed by atoms with van der Waals surface area (Å²) < 4.78 is 0. The van der Waals surface area contributed by atoms with Gasteiger partial charge in [-0.15, -0.1) is 0 Å². The van der Waals surface area contributed by atoms with E-state index in [1.165, 1.54) is 18.9 Å². The Morgan fingerprint density at radius 3 is 2.33 bits per heavy atom. The van der Waals surface area contributed by atoms with E-state index in [1.807, 2.05) is 36.4 Å². The maximum absolute atomic E-state index is 13.2. The molecule has 0 radical (unpaired) electrons. The van der Waals surface area contributed by atoms with Gasteiger partial charge in [-0.2, -0.15) is 0 Å². The Kier molecular flexibility index (Phi) is 6.30. The van der Waals surface area contributed by atoms with Gasteiger partial charge >= 0.3 is 0 Å². The van der Waals surface area contributed by atoms with Crippen molar-refractivity contribution in [2.24, 2.45) is 0 Å². The van der Waals surface area contributed by atoms with Crippen LogP contribution in [0.15, 0.2) is 48.5 Å². The van der Waals surface area contributed by atoms with Crippen molar-refractivity contribution in [2.75, 3.05) is 5.01 Å². The minimum Gasteiger partial charge on any atom is -0.345 e. The second-order valence-electron chi connectivity index (χ2n) is 7.47. The van der Waals surface area contributed by atoms with Crippen molar-refractivity contribution in [1.29, 1.82) is 0 Å². The summed E-state index contributed by atoms with van der Waals surface area (Å²) in [5.74, 6) is -1.74. The number of hydrazine groups is 1. The Morgan fingerprint density at radius 1 is 1.00 bits per heavy atom. The van der Waals surface area contributed by atoms with Crippen LogP contribution in [0.2, 0.25) is 0 Å². The summed E-state index contributed by atoms with van der Waals surface area (Å²) in [5.41, 5.74) is 5.90. The van der Waals surface area contributed by atoms with Gasteiger partial charge in [0.2, 0.25) is 5.91 Å². The van der Waals surface area contributed by atoms with Gasteiger partial charge < -0.3 is 10.1 Å². The van der Waals surface area contributed by atoms with E-state index in [-0.39, 0.29) is 24.5 Å². The molecule has 2 atom stereocenters. The van der Waals surface area contributed by atoms with Crippen LogP contribution in [0.3, 0.4) is 0 Å². The highest BCUT2D eigenvalue weighted by Gasteiger charge is 2.33. The smallest absolute Gasteiger partial charge is 0.261 e. The van der Waals surface area contributed by atoms with E-state index >= 15 is 0 Å². The number of anilines is 1. The standard InChI is InChI=1S/C23H25N3O4/c1-14(27)12-13-21(28)24-16(3)22(29)25-26-20-11-7-6-10-19(20)18-9-5-4-8-17(18)15(2)23(26)30/h4-11,15-16H,12-13H2,1-3H3,(H,24,28)(H,25,29)/t15?,16-/m0/s1. The lowest BCUT2D eigenvalue weighted by Gasteiger charge is -2.27. The molecule has 0 saturated carbocycles. The summed E-state index contributed by atoms with van der Waals surface area (Å²) in [4.78, 5) is 48.9. The number of benzene rings is 2. The summed E-state index contributed by atoms with van der Waals surface area (Å²) in [6.07, 6.45) is 0.138. The average molecular weight is 407 g/mol. The lowest BCUT2D eigenvalue weighted by molar-refractivity contribution is -0.130. The molecule has 0 bridgehead atoms. The molecule has 0 aliphatic carbocycles. The first kappa shape index (κ1) is 21.2. The number of fused-ring (bicyclic) bond motifs is 3. The predicted molar refractivity (Wildman–Crippen MR) is 113 cm³/mol. The molecule has 1 unspecified atom stereocenters. The Bertz CT molecular complexity index is 1000. The third-order valence-corrected chi connectivity index (χ3v) is 5.15. The highest BCUT2D eigenvalue weighted by Crippen LogP contribution is 2.39. The van der Waals surface area contributed by atoms with Crippen molar-refractivity contribution < 1.29 is 19.2 Å². The number of ketones is 1. The molecule has 0 fully saturated rings. The van der Waals surface area contributed by atoms with Crippen LogP contribution >= 0.6 is 0 Å². The molecule has 1 aliphatic heterocycles. The number of amides is 3. The molecule has 2 aromatic carbocycles. The quantitative estimate of drug-likeness (QED) is 0.770. The Balaban J connectivity index is 1.84. The molecule has 30 heavy (non-hydrogen) atoms. The molecule has 0 spiro atoms. The molecule has 1 aliphatic rings. The number of nitrogens with one attached hydrogen (secondary N) is 2. The van der Waals surface area contributed by atoms with Crippen LogP contribution < -0.4 is 15.8 Å². The van der Waals surface area contributed by atoms with Gasteiger partial charge in [0.25, 0.3) is 11.8 Å². The maximum atomic E-state index is 13.2. The van der Waals surface area contributed by atoms with Crippen molar-refractivity contribution in [3.63, 3.8) is 0 Å². The minimum atomic E-state index is -0.870. The van der Waals surface area contributed by atoms with Gasteiger partial charge in [-0.3, -0.25) is 19.8 Å². The summed E-state index contributed by atoms with van der Waals surface area (Å²) in [6, 6.07) is 14.2. The molecule has 2 aromatic rings. The highest BCUT2D eigenvalue weighted by molar-refractivity contribution is 6.06. The van der Waals surface area contributed by atoms with Crippen molar-refractivity contribution in [3.05, 3.63) is 54.1 Å². The molecule has 2 N–H and O–H groups in total. The minimum absolute atomic E-state index is 0.0186. The number of para-hydroxylation sites is 1. The largest absolute Gasteiger partial charge is 0.345 e. The fraction of sp³-hybridized carbons (Fsp3) is 0.304. The second kappa shape index (κ2) is 8.90. The van der Waals surface area contributed by atoms with Gasteiger partial charge in [-0.1, -0.05) is 42.5 Å². The predicted octanol–water partition coefficient (Wildman–Crippen LogP) is 2.71. The van der Waals surface area contributed by atoms with Gasteiger partial charge in [0, 0.05) is 18.4 Å². The van der Waals surface area contributed by atoms with Crippen molar-refractivity contribution >= 4 is 29.2 Å². The van der Waals surface area contributed by atoms with Crippen LogP contribution in [0, 0.1) is 0 Å². The SMILES string of the molecule is CC(=O)CCC(=O)N[C@@H](C)C(=O)NN1C(=O)C(C)c2ccccc2-c2ccccc21. The number of carbonyl (C=O) groups is 4. The molecule has 7 heteroatoms. The molecule has 3 amide bonds. The lowest BCUT2D eigenvalue weighted by atomic mass is 9.92. The molecule has 156 valence electrons. The molecule has 0 aromatic heterocycles. The first-order valence-electron chi connectivity index (χ1n) is 9.91. The molecule has 7 nitrogen and oxygen atoms in total. The molecular formula is C23H25N3O4. The van der Waals surface area contributed by atoms with E-state index < -0.39 is 23.8 Å². The third kappa shape index (κ3) is 4.40. The monoisotopic (exact) mass is 407 g/mol. The normalized spacial score (nSPS) is 16.0. The first-order valence-corrected chi connectivity index (χ1v) is 9.91. The number of hydrogen-bond donors (Lipinski definition) is 2. The zero-order chi connectivity index (χ0) is 21.8. The zero-order valence-electron chi connectivity index (χ0n) is 17.3. The Hall–Kier alpha value is -3.48. The topological polar surface area (TPSA) is 95.6 Å². The van der Waals surface area contributed by atoms with Crippen molar-refractivity contribution in [1.82, 2.24) is 10.7 Å². The van der Waals surface area contributed by atoms with E-state index in [2.05, 4.69) is 10.7 Å². The van der Waals surface area contributed by atoms with E-state index in [0.29, 0.717) is 5.69 Å². The van der Waals surface area contributed by atoms with E-state index in [0.717, 1.165) is 16.7 Å². The van der Waals surface area contributed by atoms with Crippen LogP contribution in [0.5, 0.6) is 0 Å². The van der Waals surface area contributed by atoms with Crippen molar-refractivity contribution in [3.8, 4) is 11.1 Å². The molecule has 3 rings (SSSR count). The van der Waals surface area contributed by atoms with Crippen LogP contribution in [0.1, 0.15) is 45.1 Å². The first-order chi connectivity index (χ1) is 14.3. The summed E-state index contributed by atoms with van der Waals surface area (Å²) in [7, 11) is 0.